The molecule has 0 aliphatic carbocycles. The molecule has 1 heterocycles. The molecule has 1 aliphatic rings. The van der Waals surface area contributed by atoms with Gasteiger partial charge in [-0.2, -0.15) is 0 Å². The summed E-state index contributed by atoms with van der Waals surface area (Å²) < 4.78 is 19.8. The number of carbonyl (C=O) groups is 3. The van der Waals surface area contributed by atoms with E-state index in [1.54, 1.807) is 0 Å². The van der Waals surface area contributed by atoms with Crippen molar-refractivity contribution in [1.82, 2.24) is 0 Å². The van der Waals surface area contributed by atoms with Crippen LogP contribution in [0.5, 0.6) is 0 Å². The molecule has 1 rings (SSSR count). The quantitative estimate of drug-likeness (QED) is 0.428. The molecule has 0 aromatic rings. The number of esters is 3. The van der Waals surface area contributed by atoms with Crippen molar-refractivity contribution >= 4 is 29.5 Å². The van der Waals surface area contributed by atoms with Gasteiger partial charge in [0.1, 0.15) is 18.1 Å². The number of hydrogen-bond acceptors (Lipinski definition) is 8. The van der Waals surface area contributed by atoms with Gasteiger partial charge in [0.15, 0.2) is 18.5 Å². The summed E-state index contributed by atoms with van der Waals surface area (Å²) in [6, 6.07) is 0. The van der Waals surface area contributed by atoms with E-state index in [0.29, 0.717) is 0 Å². The Morgan fingerprint density at radius 3 is 2.05 bits per heavy atom. The molecule has 0 spiro atoms. The Labute approximate surface area is 126 Å². The number of aliphatic hydroxyl groups excluding tert-OH is 1. The fourth-order valence-corrected chi connectivity index (χ4v) is 2.25. The highest BCUT2D eigenvalue weighted by atomic mass is 35.5. The number of alkyl halides is 1. The van der Waals surface area contributed by atoms with E-state index in [0.717, 1.165) is 6.92 Å². The number of hydrogen-bond donors (Lipinski definition) is 1. The van der Waals surface area contributed by atoms with Crippen LogP contribution in [0.15, 0.2) is 0 Å². The van der Waals surface area contributed by atoms with Crippen LogP contribution >= 0.6 is 11.6 Å². The third kappa shape index (κ3) is 5.14. The molecule has 0 bridgehead atoms. The van der Waals surface area contributed by atoms with Crippen molar-refractivity contribution < 1.29 is 38.4 Å². The maximum atomic E-state index is 11.1. The fraction of sp³-hybridized carbons (Fsp3) is 0.750. The summed E-state index contributed by atoms with van der Waals surface area (Å²) in [6.45, 7) is 3.24. The minimum Gasteiger partial charge on any atom is -0.463 e. The Bertz CT molecular complexity index is 410. The van der Waals surface area contributed by atoms with Gasteiger partial charge in [0.05, 0.1) is 0 Å². The normalized spacial score (nSPS) is 32.1. The number of rotatable bonds is 4. The molecular weight excluding hydrogens is 308 g/mol. The van der Waals surface area contributed by atoms with Gasteiger partial charge in [-0.15, -0.1) is 11.6 Å². The topological polar surface area (TPSA) is 108 Å². The van der Waals surface area contributed by atoms with Gasteiger partial charge in [-0.25, -0.2) is 0 Å². The van der Waals surface area contributed by atoms with Crippen molar-refractivity contribution in [2.75, 3.05) is 6.61 Å². The van der Waals surface area contributed by atoms with Crippen LogP contribution in [0.2, 0.25) is 0 Å². The summed E-state index contributed by atoms with van der Waals surface area (Å²) >= 11 is 6.11. The van der Waals surface area contributed by atoms with Crippen LogP contribution in [0, 0.1) is 0 Å². The van der Waals surface area contributed by atoms with Crippen molar-refractivity contribution in [3.63, 3.8) is 0 Å². The van der Waals surface area contributed by atoms with Gasteiger partial charge in [0.25, 0.3) is 0 Å². The maximum absolute atomic E-state index is 11.1. The molecule has 8 nitrogen and oxygen atoms in total. The van der Waals surface area contributed by atoms with Gasteiger partial charge >= 0.3 is 17.9 Å². The van der Waals surface area contributed by atoms with Crippen LogP contribution in [0.1, 0.15) is 20.8 Å². The molecule has 1 aliphatic heterocycles. The number of aliphatic hydroxyl groups is 1. The molecule has 1 N–H and O–H groups in total. The zero-order valence-corrected chi connectivity index (χ0v) is 12.5. The highest BCUT2D eigenvalue weighted by Crippen LogP contribution is 2.29. The lowest BCUT2D eigenvalue weighted by Gasteiger charge is -2.40. The minimum absolute atomic E-state index is 0.264. The molecule has 21 heavy (non-hydrogen) atoms. The van der Waals surface area contributed by atoms with Crippen LogP contribution in [-0.4, -0.2) is 59.6 Å². The highest BCUT2D eigenvalue weighted by Gasteiger charge is 2.48. The zero-order chi connectivity index (χ0) is 16.2. The molecule has 1 fully saturated rings. The van der Waals surface area contributed by atoms with Crippen LogP contribution in [0.4, 0.5) is 0 Å². The largest absolute Gasteiger partial charge is 0.463 e. The van der Waals surface area contributed by atoms with E-state index in [4.69, 9.17) is 30.5 Å². The lowest BCUT2D eigenvalue weighted by Crippen LogP contribution is -2.59. The summed E-state index contributed by atoms with van der Waals surface area (Å²) in [5.41, 5.74) is 0. The van der Waals surface area contributed by atoms with E-state index in [1.165, 1.54) is 13.8 Å². The third-order valence-electron chi connectivity index (χ3n) is 2.64. The van der Waals surface area contributed by atoms with Crippen molar-refractivity contribution in [3.05, 3.63) is 0 Å². The summed E-state index contributed by atoms with van der Waals surface area (Å²) in [5.74, 6) is -1.88. The Hall–Kier alpha value is -1.38. The summed E-state index contributed by atoms with van der Waals surface area (Å²) in [6.07, 6.45) is -4.75. The average molecular weight is 325 g/mol. The first-order valence-corrected chi connectivity index (χ1v) is 6.61. The van der Waals surface area contributed by atoms with Gasteiger partial charge in [0, 0.05) is 20.8 Å². The zero-order valence-electron chi connectivity index (χ0n) is 11.8. The maximum Gasteiger partial charge on any atom is 0.303 e. The van der Waals surface area contributed by atoms with Crippen molar-refractivity contribution in [3.8, 4) is 0 Å². The van der Waals surface area contributed by atoms with E-state index in [1.807, 2.05) is 0 Å². The number of halogens is 1. The molecule has 5 atom stereocenters. The Morgan fingerprint density at radius 1 is 1.05 bits per heavy atom. The van der Waals surface area contributed by atoms with E-state index >= 15 is 0 Å². The lowest BCUT2D eigenvalue weighted by molar-refractivity contribution is -0.260. The first-order chi connectivity index (χ1) is 9.72. The van der Waals surface area contributed by atoms with E-state index in [2.05, 4.69) is 0 Å². The molecule has 0 aromatic heterocycles. The molecule has 9 heteroatoms. The second-order valence-corrected chi connectivity index (χ2v) is 4.96. The Morgan fingerprint density at radius 2 is 1.57 bits per heavy atom. The SMILES string of the molecule is CC(=O)OC[C@H]1OC(O)[C@H](OC(C)=O)[C@@H](Cl)[C@@H]1OC(C)=O. The van der Waals surface area contributed by atoms with Crippen LogP contribution in [0.25, 0.3) is 0 Å². The molecule has 120 valence electrons. The molecule has 0 amide bonds. The predicted octanol–water partition coefficient (Wildman–Crippen LogP) is -0.263. The van der Waals surface area contributed by atoms with Crippen molar-refractivity contribution in [2.45, 2.75) is 50.8 Å². The Balaban J connectivity index is 2.86. The monoisotopic (exact) mass is 324 g/mol. The predicted molar refractivity (Wildman–Crippen MR) is 68.3 cm³/mol. The van der Waals surface area contributed by atoms with E-state index in [9.17, 15) is 19.5 Å². The van der Waals surface area contributed by atoms with Crippen molar-refractivity contribution in [1.29, 1.82) is 0 Å². The van der Waals surface area contributed by atoms with Crippen molar-refractivity contribution in [2.24, 2.45) is 0 Å². The Kier molecular flexibility index (Phi) is 6.38. The summed E-state index contributed by atoms with van der Waals surface area (Å²) in [4.78, 5) is 33.0. The second-order valence-electron chi connectivity index (χ2n) is 4.46. The minimum atomic E-state index is -1.52. The third-order valence-corrected chi connectivity index (χ3v) is 3.14. The van der Waals surface area contributed by atoms with Crippen LogP contribution < -0.4 is 0 Å². The molecule has 0 saturated carbocycles. The van der Waals surface area contributed by atoms with Gasteiger partial charge < -0.3 is 24.1 Å². The molecule has 0 radical (unpaired) electrons. The number of carbonyl (C=O) groups excluding carboxylic acids is 3. The first kappa shape index (κ1) is 17.7. The molecule has 1 saturated heterocycles. The smallest absolute Gasteiger partial charge is 0.303 e. The van der Waals surface area contributed by atoms with Crippen LogP contribution in [0.3, 0.4) is 0 Å². The van der Waals surface area contributed by atoms with E-state index < -0.39 is 47.9 Å². The second kappa shape index (κ2) is 7.58. The number of ether oxygens (including phenoxy) is 4. The van der Waals surface area contributed by atoms with Gasteiger partial charge in [0.2, 0.25) is 0 Å². The fourth-order valence-electron chi connectivity index (χ4n) is 1.86. The summed E-state index contributed by atoms with van der Waals surface area (Å²) in [7, 11) is 0. The van der Waals surface area contributed by atoms with Gasteiger partial charge in [-0.3, -0.25) is 14.4 Å². The van der Waals surface area contributed by atoms with Gasteiger partial charge in [-0.05, 0) is 0 Å². The standard InChI is InChI=1S/C12H17ClO8/c1-5(14)18-4-8-10(19-6(2)15)9(13)11(12(17)21-8)20-7(3)16/h8-12,17H,4H2,1-3H3/t8-,9+,10-,11-,12?/m1/s1. The summed E-state index contributed by atoms with van der Waals surface area (Å²) in [5, 5.41) is 8.76. The average Bonchev–Trinajstić information content (AvgIpc) is 2.35. The molecular formula is C12H17ClO8. The first-order valence-electron chi connectivity index (χ1n) is 6.17. The van der Waals surface area contributed by atoms with Crippen LogP contribution in [-0.2, 0) is 33.3 Å². The molecule has 1 unspecified atom stereocenters. The lowest BCUT2D eigenvalue weighted by atomic mass is 10.0. The van der Waals surface area contributed by atoms with E-state index in [-0.39, 0.29) is 6.61 Å². The van der Waals surface area contributed by atoms with Gasteiger partial charge in [-0.1, -0.05) is 0 Å². The highest BCUT2D eigenvalue weighted by molar-refractivity contribution is 6.21. The molecule has 0 aromatic carbocycles.